The minimum absolute atomic E-state index is 0.0149. The summed E-state index contributed by atoms with van der Waals surface area (Å²) >= 11 is 0. The second kappa shape index (κ2) is 9.70. The van der Waals surface area contributed by atoms with Gasteiger partial charge in [-0.15, -0.1) is 0 Å². The van der Waals surface area contributed by atoms with Crippen molar-refractivity contribution in [3.63, 3.8) is 0 Å². The number of carbonyl (C=O) groups is 3. The first-order valence-electron chi connectivity index (χ1n) is 12.2. The molecule has 0 bridgehead atoms. The van der Waals surface area contributed by atoms with E-state index in [0.29, 0.717) is 19.4 Å². The van der Waals surface area contributed by atoms with Gasteiger partial charge < -0.3 is 25.2 Å². The summed E-state index contributed by atoms with van der Waals surface area (Å²) in [5, 5.41) is 15.2. The van der Waals surface area contributed by atoms with Crippen LogP contribution in [0.15, 0.2) is 48.5 Å². The summed E-state index contributed by atoms with van der Waals surface area (Å²) in [4.78, 5) is 37.2. The number of ether oxygens (including phenoxy) is 2. The van der Waals surface area contributed by atoms with Gasteiger partial charge in [-0.2, -0.15) is 0 Å². The monoisotopic (exact) mass is 478 g/mol. The lowest BCUT2D eigenvalue weighted by Crippen LogP contribution is -2.57. The van der Waals surface area contributed by atoms with E-state index in [0.717, 1.165) is 24.0 Å². The molecule has 8 heteroatoms. The van der Waals surface area contributed by atoms with E-state index in [-0.39, 0.29) is 43.4 Å². The predicted octanol–water partition coefficient (Wildman–Crippen LogP) is 3.44. The predicted molar refractivity (Wildman–Crippen MR) is 128 cm³/mol. The molecule has 8 nitrogen and oxygen atoms in total. The number of carboxylic acids is 1. The Balaban J connectivity index is 1.17. The zero-order chi connectivity index (χ0) is 24.4. The molecule has 2 fully saturated rings. The molecular weight excluding hydrogens is 448 g/mol. The van der Waals surface area contributed by atoms with Crippen LogP contribution in [0.1, 0.15) is 49.1 Å². The number of aliphatic carboxylic acids is 1. The van der Waals surface area contributed by atoms with Crippen LogP contribution in [0.4, 0.5) is 4.79 Å². The van der Waals surface area contributed by atoms with Gasteiger partial charge >= 0.3 is 12.1 Å². The van der Waals surface area contributed by atoms with Gasteiger partial charge in [0.05, 0.1) is 6.61 Å². The van der Waals surface area contributed by atoms with E-state index >= 15 is 0 Å². The molecule has 1 saturated carbocycles. The smallest absolute Gasteiger partial charge is 0.407 e. The van der Waals surface area contributed by atoms with Gasteiger partial charge in [-0.3, -0.25) is 4.79 Å². The number of nitrogens with one attached hydrogen (secondary N) is 2. The molecule has 1 aliphatic heterocycles. The lowest BCUT2D eigenvalue weighted by molar-refractivity contribution is -0.148. The van der Waals surface area contributed by atoms with Crippen molar-refractivity contribution in [1.82, 2.24) is 10.6 Å². The van der Waals surface area contributed by atoms with Crippen molar-refractivity contribution in [3.05, 3.63) is 59.7 Å². The molecule has 1 unspecified atom stereocenters. The number of amides is 2. The largest absolute Gasteiger partial charge is 0.479 e. The van der Waals surface area contributed by atoms with Crippen molar-refractivity contribution in [3.8, 4) is 11.1 Å². The number of rotatable bonds is 6. The molecule has 35 heavy (non-hydrogen) atoms. The van der Waals surface area contributed by atoms with E-state index in [9.17, 15) is 19.5 Å². The fourth-order valence-electron chi connectivity index (χ4n) is 5.59. The van der Waals surface area contributed by atoms with Crippen LogP contribution in [0.2, 0.25) is 0 Å². The van der Waals surface area contributed by atoms with Gasteiger partial charge in [0.2, 0.25) is 5.91 Å². The van der Waals surface area contributed by atoms with Gasteiger partial charge in [-0.1, -0.05) is 55.0 Å². The summed E-state index contributed by atoms with van der Waals surface area (Å²) in [6.07, 6.45) is 2.38. The normalized spacial score (nSPS) is 25.4. The van der Waals surface area contributed by atoms with Crippen molar-refractivity contribution < 1.29 is 29.0 Å². The lowest BCUT2D eigenvalue weighted by Gasteiger charge is -2.32. The number of benzene rings is 2. The Morgan fingerprint density at radius 2 is 1.71 bits per heavy atom. The van der Waals surface area contributed by atoms with Crippen molar-refractivity contribution in [1.29, 1.82) is 0 Å². The van der Waals surface area contributed by atoms with Gasteiger partial charge in [0.15, 0.2) is 5.54 Å². The molecule has 2 aromatic carbocycles. The van der Waals surface area contributed by atoms with E-state index in [1.807, 2.05) is 24.3 Å². The topological polar surface area (TPSA) is 114 Å². The molecule has 0 spiro atoms. The average molecular weight is 479 g/mol. The van der Waals surface area contributed by atoms with Gasteiger partial charge in [0.1, 0.15) is 6.61 Å². The molecule has 2 aromatic rings. The quantitative estimate of drug-likeness (QED) is 0.586. The Bertz CT molecular complexity index is 1080. The van der Waals surface area contributed by atoms with Crippen LogP contribution in [0.5, 0.6) is 0 Å². The van der Waals surface area contributed by atoms with Crippen LogP contribution in [0, 0.1) is 5.92 Å². The highest BCUT2D eigenvalue weighted by Crippen LogP contribution is 2.44. The van der Waals surface area contributed by atoms with Crippen LogP contribution in [-0.2, 0) is 19.1 Å². The second-order valence-corrected chi connectivity index (χ2v) is 9.71. The first kappa shape index (κ1) is 23.4. The molecule has 0 aromatic heterocycles. The summed E-state index contributed by atoms with van der Waals surface area (Å²) in [6.45, 7) is 0.517. The molecule has 1 heterocycles. The minimum Gasteiger partial charge on any atom is -0.479 e. The summed E-state index contributed by atoms with van der Waals surface area (Å²) < 4.78 is 10.9. The maximum absolute atomic E-state index is 12.9. The first-order valence-corrected chi connectivity index (χ1v) is 12.2. The number of hydrogen-bond donors (Lipinski definition) is 3. The molecule has 0 radical (unpaired) electrons. The number of fused-ring (bicyclic) bond motifs is 3. The van der Waals surface area contributed by atoms with E-state index in [4.69, 9.17) is 9.47 Å². The zero-order valence-electron chi connectivity index (χ0n) is 19.5. The van der Waals surface area contributed by atoms with Gasteiger partial charge in [0.25, 0.3) is 0 Å². The van der Waals surface area contributed by atoms with Crippen LogP contribution in [0.3, 0.4) is 0 Å². The van der Waals surface area contributed by atoms with Crippen molar-refractivity contribution in [2.75, 3.05) is 19.8 Å². The van der Waals surface area contributed by atoms with Crippen LogP contribution >= 0.6 is 0 Å². The Labute approximate surface area is 204 Å². The highest BCUT2D eigenvalue weighted by molar-refractivity contribution is 5.88. The Morgan fingerprint density at radius 3 is 2.34 bits per heavy atom. The standard InChI is InChI=1S/C27H30N2O6/c30-24(29-27(25(31)32)12-13-34-16-27)17-6-5-7-18(14-17)28-26(33)35-15-23-21-10-3-1-8-19(21)20-9-2-4-11-22(20)23/h1-4,8-11,17-18,23H,5-7,12-16H2,(H,28,33)(H,29,30)(H,31,32)/t17-,18+,27?/m0/s1. The van der Waals surface area contributed by atoms with Gasteiger partial charge in [-0.05, 0) is 41.5 Å². The maximum atomic E-state index is 12.9. The van der Waals surface area contributed by atoms with Crippen LogP contribution in [-0.4, -0.2) is 54.5 Å². The second-order valence-electron chi connectivity index (χ2n) is 9.71. The zero-order valence-corrected chi connectivity index (χ0v) is 19.5. The third-order valence-corrected chi connectivity index (χ3v) is 7.50. The molecule has 2 aliphatic carbocycles. The van der Waals surface area contributed by atoms with Crippen LogP contribution in [0.25, 0.3) is 11.1 Å². The average Bonchev–Trinajstić information content (AvgIpc) is 3.47. The number of carbonyl (C=O) groups excluding carboxylic acids is 2. The maximum Gasteiger partial charge on any atom is 0.407 e. The number of carboxylic acid groups (broad SMARTS) is 1. The third-order valence-electron chi connectivity index (χ3n) is 7.50. The van der Waals surface area contributed by atoms with E-state index in [2.05, 4.69) is 34.9 Å². The minimum atomic E-state index is -1.36. The molecule has 5 rings (SSSR count). The summed E-state index contributed by atoms with van der Waals surface area (Å²) in [7, 11) is 0. The fraction of sp³-hybridized carbons (Fsp3) is 0.444. The highest BCUT2D eigenvalue weighted by atomic mass is 16.5. The van der Waals surface area contributed by atoms with Crippen molar-refractivity contribution in [2.24, 2.45) is 5.92 Å². The molecule has 2 amide bonds. The Hall–Kier alpha value is -3.39. The molecule has 184 valence electrons. The molecule has 3 atom stereocenters. The fourth-order valence-corrected chi connectivity index (χ4v) is 5.59. The molecule has 3 N–H and O–H groups in total. The lowest BCUT2D eigenvalue weighted by atomic mass is 9.84. The van der Waals surface area contributed by atoms with Crippen LogP contribution < -0.4 is 10.6 Å². The van der Waals surface area contributed by atoms with E-state index in [1.165, 1.54) is 11.1 Å². The highest BCUT2D eigenvalue weighted by Gasteiger charge is 2.45. The molecular formula is C27H30N2O6. The summed E-state index contributed by atoms with van der Waals surface area (Å²) in [5.74, 6) is -1.75. The molecule has 1 saturated heterocycles. The van der Waals surface area contributed by atoms with E-state index in [1.54, 1.807) is 0 Å². The first-order chi connectivity index (χ1) is 17.0. The summed E-state index contributed by atoms with van der Waals surface area (Å²) in [5.41, 5.74) is 3.29. The summed E-state index contributed by atoms with van der Waals surface area (Å²) in [6, 6.07) is 16.2. The Morgan fingerprint density at radius 1 is 1.03 bits per heavy atom. The Kier molecular flexibility index (Phi) is 6.47. The number of alkyl carbamates (subject to hydrolysis) is 1. The number of hydrogen-bond acceptors (Lipinski definition) is 5. The van der Waals surface area contributed by atoms with Crippen molar-refractivity contribution >= 4 is 18.0 Å². The third kappa shape index (κ3) is 4.62. The van der Waals surface area contributed by atoms with E-state index < -0.39 is 17.6 Å². The van der Waals surface area contributed by atoms with Gasteiger partial charge in [-0.25, -0.2) is 9.59 Å². The SMILES string of the molecule is O=C(N[C@@H]1CCC[C@H](C(=O)NC2(C(=O)O)CCOC2)C1)OCC1c2ccccc2-c2ccccc21. The van der Waals surface area contributed by atoms with Crippen molar-refractivity contribution in [2.45, 2.75) is 49.6 Å². The van der Waals surface area contributed by atoms with Gasteiger partial charge in [0, 0.05) is 30.9 Å². The molecule has 3 aliphatic rings.